The third-order valence-electron chi connectivity index (χ3n) is 5.94. The van der Waals surface area contributed by atoms with Crippen LogP contribution in [0.4, 0.5) is 10.5 Å². The number of fused-ring (bicyclic) bond motifs is 1. The van der Waals surface area contributed by atoms with Crippen molar-refractivity contribution in [1.29, 1.82) is 0 Å². The van der Waals surface area contributed by atoms with E-state index >= 15 is 0 Å². The van der Waals surface area contributed by atoms with E-state index in [4.69, 9.17) is 16.3 Å². The van der Waals surface area contributed by atoms with Crippen molar-refractivity contribution in [3.05, 3.63) is 69.2 Å². The van der Waals surface area contributed by atoms with Gasteiger partial charge in [-0.1, -0.05) is 36.7 Å². The van der Waals surface area contributed by atoms with Crippen LogP contribution in [0.1, 0.15) is 30.6 Å². The number of carbonyl (C=O) groups excluding carboxylic acids is 2. The predicted octanol–water partition coefficient (Wildman–Crippen LogP) is 5.16. The molecule has 2 heterocycles. The summed E-state index contributed by atoms with van der Waals surface area (Å²) < 4.78 is 5.23. The maximum absolute atomic E-state index is 13.3. The van der Waals surface area contributed by atoms with Crippen LogP contribution in [0.25, 0.3) is 22.2 Å². The molecule has 182 valence electrons. The molecule has 1 fully saturated rings. The zero-order valence-corrected chi connectivity index (χ0v) is 20.2. The lowest BCUT2D eigenvalue weighted by atomic mass is 10.1. The molecule has 2 aromatic carbocycles. The third-order valence-corrected chi connectivity index (χ3v) is 6.25. The summed E-state index contributed by atoms with van der Waals surface area (Å²) >= 11 is 6.48. The van der Waals surface area contributed by atoms with Crippen LogP contribution in [-0.2, 0) is 4.74 Å². The molecule has 4 rings (SSSR count). The molecule has 0 aliphatic carbocycles. The van der Waals surface area contributed by atoms with Crippen molar-refractivity contribution in [1.82, 2.24) is 14.8 Å². The first kappa shape index (κ1) is 24.4. The highest BCUT2D eigenvalue weighted by Crippen LogP contribution is 2.30. The van der Waals surface area contributed by atoms with Crippen LogP contribution in [0.2, 0.25) is 5.02 Å². The van der Waals surface area contributed by atoms with E-state index in [1.807, 2.05) is 13.8 Å². The SMILES string of the molecule is CCCOC(=O)N1CCN(C(=O)c2ccc3c(Cl)cc(-c4cccc([N+](=O)[O-])c4)nc3c2)C[C@H]1C. The van der Waals surface area contributed by atoms with Gasteiger partial charge < -0.3 is 14.5 Å². The summed E-state index contributed by atoms with van der Waals surface area (Å²) in [7, 11) is 0. The lowest BCUT2D eigenvalue weighted by molar-refractivity contribution is -0.384. The highest BCUT2D eigenvalue weighted by molar-refractivity contribution is 6.35. The Balaban J connectivity index is 1.57. The minimum atomic E-state index is -0.465. The number of nitro groups is 1. The van der Waals surface area contributed by atoms with Gasteiger partial charge in [-0.25, -0.2) is 9.78 Å². The number of hydrogen-bond donors (Lipinski definition) is 0. The quantitative estimate of drug-likeness (QED) is 0.357. The smallest absolute Gasteiger partial charge is 0.410 e. The molecule has 0 unspecified atom stereocenters. The second kappa shape index (κ2) is 10.3. The number of ether oxygens (including phenoxy) is 1. The third kappa shape index (κ3) is 5.19. The summed E-state index contributed by atoms with van der Waals surface area (Å²) in [6.45, 7) is 5.37. The molecule has 3 aromatic rings. The largest absolute Gasteiger partial charge is 0.449 e. The molecule has 0 spiro atoms. The number of nitro benzene ring substituents is 1. The molecule has 1 aromatic heterocycles. The monoisotopic (exact) mass is 496 g/mol. The average Bonchev–Trinajstić information content (AvgIpc) is 2.86. The highest BCUT2D eigenvalue weighted by Gasteiger charge is 2.31. The van der Waals surface area contributed by atoms with Crippen molar-refractivity contribution >= 4 is 40.2 Å². The molecule has 9 nitrogen and oxygen atoms in total. The molecule has 2 amide bonds. The van der Waals surface area contributed by atoms with E-state index in [0.717, 1.165) is 6.42 Å². The van der Waals surface area contributed by atoms with Gasteiger partial charge in [-0.2, -0.15) is 0 Å². The fraction of sp³-hybridized carbons (Fsp3) is 0.320. The fourth-order valence-electron chi connectivity index (χ4n) is 4.11. The standard InChI is InChI=1S/C25H25ClN4O5/c1-3-11-35-25(32)29-10-9-28(15-16(29)2)24(31)18-7-8-20-21(26)14-22(27-23(20)13-18)17-5-4-6-19(12-17)30(33)34/h4-8,12-14,16H,3,9-11,15H2,1-2H3/t16-/m1/s1. The van der Waals surface area contributed by atoms with Gasteiger partial charge in [0.1, 0.15) is 0 Å². The van der Waals surface area contributed by atoms with Crippen LogP contribution < -0.4 is 0 Å². The number of halogens is 1. The topological polar surface area (TPSA) is 106 Å². The fourth-order valence-corrected chi connectivity index (χ4v) is 4.38. The zero-order valence-electron chi connectivity index (χ0n) is 19.4. The Morgan fingerprint density at radius 3 is 2.71 bits per heavy atom. The van der Waals surface area contributed by atoms with Gasteiger partial charge in [0.15, 0.2) is 0 Å². The van der Waals surface area contributed by atoms with Crippen LogP contribution in [0.3, 0.4) is 0 Å². The van der Waals surface area contributed by atoms with Crippen LogP contribution in [0.15, 0.2) is 48.5 Å². The summed E-state index contributed by atoms with van der Waals surface area (Å²) in [6.07, 6.45) is 0.395. The number of non-ortho nitro benzene ring substituents is 1. The Hall–Kier alpha value is -3.72. The summed E-state index contributed by atoms with van der Waals surface area (Å²) in [5.41, 5.74) is 1.95. The van der Waals surface area contributed by atoms with Crippen molar-refractivity contribution in [2.45, 2.75) is 26.3 Å². The summed E-state index contributed by atoms with van der Waals surface area (Å²) in [5.74, 6) is -0.168. The second-order valence-electron chi connectivity index (χ2n) is 8.44. The Morgan fingerprint density at radius 1 is 1.20 bits per heavy atom. The number of amides is 2. The zero-order chi connectivity index (χ0) is 25.1. The van der Waals surface area contributed by atoms with Crippen LogP contribution in [0.5, 0.6) is 0 Å². The molecular weight excluding hydrogens is 472 g/mol. The number of rotatable bonds is 5. The van der Waals surface area contributed by atoms with Gasteiger partial charge in [-0.05, 0) is 31.5 Å². The van der Waals surface area contributed by atoms with Crippen LogP contribution in [0, 0.1) is 10.1 Å². The Bertz CT molecular complexity index is 1300. The predicted molar refractivity (Wildman–Crippen MR) is 133 cm³/mol. The Morgan fingerprint density at radius 2 is 2.00 bits per heavy atom. The van der Waals surface area contributed by atoms with E-state index in [0.29, 0.717) is 59.0 Å². The first-order valence-corrected chi connectivity index (χ1v) is 11.7. The maximum atomic E-state index is 13.3. The molecule has 1 saturated heterocycles. The van der Waals surface area contributed by atoms with Crippen molar-refractivity contribution in [3.8, 4) is 11.3 Å². The minimum absolute atomic E-state index is 0.0451. The minimum Gasteiger partial charge on any atom is -0.449 e. The molecule has 10 heteroatoms. The summed E-state index contributed by atoms with van der Waals surface area (Å²) in [5, 5.41) is 12.3. The van der Waals surface area contributed by atoms with Gasteiger partial charge in [0.25, 0.3) is 11.6 Å². The van der Waals surface area contributed by atoms with Crippen molar-refractivity contribution < 1.29 is 19.2 Å². The summed E-state index contributed by atoms with van der Waals surface area (Å²) in [4.78, 5) is 44.2. The van der Waals surface area contributed by atoms with Gasteiger partial charge in [0.05, 0.1) is 27.8 Å². The first-order chi connectivity index (χ1) is 16.8. The molecule has 35 heavy (non-hydrogen) atoms. The lowest BCUT2D eigenvalue weighted by Gasteiger charge is -2.39. The molecule has 1 aliphatic heterocycles. The number of nitrogens with zero attached hydrogens (tertiary/aromatic N) is 4. The van der Waals surface area contributed by atoms with E-state index < -0.39 is 4.92 Å². The molecule has 1 atom stereocenters. The maximum Gasteiger partial charge on any atom is 0.410 e. The Labute approximate surface area is 207 Å². The van der Waals surface area contributed by atoms with E-state index in [1.54, 1.807) is 46.2 Å². The number of carbonyl (C=O) groups is 2. The number of benzene rings is 2. The van der Waals surface area contributed by atoms with Gasteiger partial charge in [-0.3, -0.25) is 14.9 Å². The number of hydrogen-bond acceptors (Lipinski definition) is 6. The molecule has 1 aliphatic rings. The molecular formula is C25H25ClN4O5. The second-order valence-corrected chi connectivity index (χ2v) is 8.84. The number of pyridine rings is 1. The highest BCUT2D eigenvalue weighted by atomic mass is 35.5. The van der Waals surface area contributed by atoms with Crippen molar-refractivity contribution in [3.63, 3.8) is 0 Å². The first-order valence-electron chi connectivity index (χ1n) is 11.4. The molecule has 0 saturated carbocycles. The van der Waals surface area contributed by atoms with E-state index in [-0.39, 0.29) is 23.7 Å². The van der Waals surface area contributed by atoms with Gasteiger partial charge in [0, 0.05) is 54.3 Å². The van der Waals surface area contributed by atoms with Crippen LogP contribution >= 0.6 is 11.6 Å². The van der Waals surface area contributed by atoms with Gasteiger partial charge in [0.2, 0.25) is 0 Å². The number of piperazine rings is 1. The average molecular weight is 497 g/mol. The van der Waals surface area contributed by atoms with E-state index in [1.165, 1.54) is 12.1 Å². The van der Waals surface area contributed by atoms with E-state index in [2.05, 4.69) is 4.98 Å². The van der Waals surface area contributed by atoms with Crippen LogP contribution in [-0.4, -0.2) is 64.0 Å². The van der Waals surface area contributed by atoms with Crippen molar-refractivity contribution in [2.75, 3.05) is 26.2 Å². The molecule has 0 bridgehead atoms. The van der Waals surface area contributed by atoms with Gasteiger partial charge >= 0.3 is 6.09 Å². The van der Waals surface area contributed by atoms with Gasteiger partial charge in [-0.15, -0.1) is 0 Å². The Kier molecular flexibility index (Phi) is 7.16. The molecule has 0 N–H and O–H groups in total. The van der Waals surface area contributed by atoms with E-state index in [9.17, 15) is 19.7 Å². The number of aromatic nitrogens is 1. The van der Waals surface area contributed by atoms with Crippen molar-refractivity contribution in [2.24, 2.45) is 0 Å². The molecule has 0 radical (unpaired) electrons. The summed E-state index contributed by atoms with van der Waals surface area (Å²) in [6, 6.07) is 12.8. The normalized spacial score (nSPS) is 15.8. The lowest BCUT2D eigenvalue weighted by Crippen LogP contribution is -2.55.